The molecule has 1 amide bonds. The van der Waals surface area contributed by atoms with Gasteiger partial charge >= 0.3 is 6.09 Å². The minimum Gasteiger partial charge on any atom is -0.490 e. The van der Waals surface area contributed by atoms with E-state index in [-0.39, 0.29) is 0 Å². The van der Waals surface area contributed by atoms with Crippen LogP contribution in [0.25, 0.3) is 0 Å². The van der Waals surface area contributed by atoms with E-state index < -0.39 is 6.09 Å². The highest BCUT2D eigenvalue weighted by atomic mass is 16.5. The second-order valence-corrected chi connectivity index (χ2v) is 2.97. The first-order valence-corrected chi connectivity index (χ1v) is 5.03. The lowest BCUT2D eigenvalue weighted by Crippen LogP contribution is -2.13. The monoisotopic (exact) mass is 221 g/mol. The van der Waals surface area contributed by atoms with Gasteiger partial charge in [0.2, 0.25) is 0 Å². The van der Waals surface area contributed by atoms with Gasteiger partial charge in [0, 0.05) is 5.69 Å². The van der Waals surface area contributed by atoms with Gasteiger partial charge in [-0.25, -0.2) is 4.79 Å². The Morgan fingerprint density at radius 2 is 2.12 bits per heavy atom. The van der Waals surface area contributed by atoms with Crippen LogP contribution in [0.1, 0.15) is 6.92 Å². The number of amides is 1. The fraction of sp³-hybridized carbons (Fsp3) is 0.250. The zero-order chi connectivity index (χ0) is 11.8. The number of nitrogens with one attached hydrogen (secondary N) is 1. The van der Waals surface area contributed by atoms with Gasteiger partial charge in [-0.3, -0.25) is 5.32 Å². The maximum Gasteiger partial charge on any atom is 0.411 e. The lowest BCUT2D eigenvalue weighted by atomic mass is 10.3. The van der Waals surface area contributed by atoms with Crippen LogP contribution in [-0.2, 0) is 4.74 Å². The van der Waals surface area contributed by atoms with Gasteiger partial charge in [0.1, 0.15) is 12.4 Å². The normalized spacial score (nSPS) is 9.31. The van der Waals surface area contributed by atoms with Crippen LogP contribution < -0.4 is 10.1 Å². The Morgan fingerprint density at radius 3 is 2.69 bits per heavy atom. The van der Waals surface area contributed by atoms with Gasteiger partial charge in [0.05, 0.1) is 6.61 Å². The van der Waals surface area contributed by atoms with Crippen molar-refractivity contribution in [1.82, 2.24) is 0 Å². The summed E-state index contributed by atoms with van der Waals surface area (Å²) in [4.78, 5) is 11.1. The molecule has 0 heterocycles. The Bertz CT molecular complexity index is 346. The van der Waals surface area contributed by atoms with E-state index in [4.69, 9.17) is 9.47 Å². The Labute approximate surface area is 94.9 Å². The van der Waals surface area contributed by atoms with Crippen molar-refractivity contribution in [3.05, 3.63) is 36.9 Å². The fourth-order valence-electron chi connectivity index (χ4n) is 1.07. The average Bonchev–Trinajstić information content (AvgIpc) is 2.28. The molecule has 0 saturated carbocycles. The fourth-order valence-corrected chi connectivity index (χ4v) is 1.07. The third kappa shape index (κ3) is 4.04. The molecule has 0 aliphatic heterocycles. The predicted molar refractivity (Wildman–Crippen MR) is 62.8 cm³/mol. The number of benzene rings is 1. The molecule has 1 aromatic rings. The summed E-state index contributed by atoms with van der Waals surface area (Å²) in [7, 11) is 0. The molecule has 0 unspecified atom stereocenters. The average molecular weight is 221 g/mol. The zero-order valence-electron chi connectivity index (χ0n) is 9.23. The lowest BCUT2D eigenvalue weighted by Gasteiger charge is -2.06. The van der Waals surface area contributed by atoms with E-state index in [1.165, 1.54) is 0 Å². The molecule has 0 bridgehead atoms. The van der Waals surface area contributed by atoms with Crippen LogP contribution in [0.15, 0.2) is 36.9 Å². The highest BCUT2D eigenvalue weighted by Gasteiger charge is 2.01. The molecule has 1 rings (SSSR count). The summed E-state index contributed by atoms with van der Waals surface area (Å²) >= 11 is 0. The predicted octanol–water partition coefficient (Wildman–Crippen LogP) is 2.82. The van der Waals surface area contributed by atoms with Crippen molar-refractivity contribution in [3.8, 4) is 5.75 Å². The summed E-state index contributed by atoms with van der Waals surface area (Å²) in [5, 5.41) is 2.59. The van der Waals surface area contributed by atoms with E-state index in [0.717, 1.165) is 5.75 Å². The summed E-state index contributed by atoms with van der Waals surface area (Å²) < 4.78 is 10.0. The Kier molecular flexibility index (Phi) is 4.92. The molecule has 0 aliphatic rings. The summed E-state index contributed by atoms with van der Waals surface area (Å²) in [5.74, 6) is 0.731. The highest BCUT2D eigenvalue weighted by Crippen LogP contribution is 2.15. The van der Waals surface area contributed by atoms with Crippen molar-refractivity contribution in [2.45, 2.75) is 6.92 Å². The quantitative estimate of drug-likeness (QED) is 0.778. The van der Waals surface area contributed by atoms with Crippen LogP contribution in [0.2, 0.25) is 0 Å². The van der Waals surface area contributed by atoms with Gasteiger partial charge in [-0.1, -0.05) is 12.7 Å². The van der Waals surface area contributed by atoms with Crippen LogP contribution in [0.5, 0.6) is 5.75 Å². The topological polar surface area (TPSA) is 47.6 Å². The summed E-state index contributed by atoms with van der Waals surface area (Å²) in [5.41, 5.74) is 0.671. The van der Waals surface area contributed by atoms with E-state index in [0.29, 0.717) is 18.9 Å². The molecular weight excluding hydrogens is 206 g/mol. The maximum absolute atomic E-state index is 11.1. The molecule has 0 aromatic heterocycles. The summed E-state index contributed by atoms with van der Waals surface area (Å²) in [6.07, 6.45) is 1.22. The van der Waals surface area contributed by atoms with Gasteiger partial charge in [-0.2, -0.15) is 0 Å². The standard InChI is InChI=1S/C12H15NO3/c1-3-9-16-11-7-5-10(6-8-11)13-12(14)15-4-2/h3,5-8H,1,4,9H2,2H3,(H,13,14). The molecule has 4 nitrogen and oxygen atoms in total. The molecule has 0 fully saturated rings. The Hall–Kier alpha value is -1.97. The molecule has 4 heteroatoms. The molecule has 16 heavy (non-hydrogen) atoms. The molecular formula is C12H15NO3. The number of carbonyl (C=O) groups excluding carboxylic acids is 1. The zero-order valence-corrected chi connectivity index (χ0v) is 9.23. The van der Waals surface area contributed by atoms with E-state index in [1.54, 1.807) is 37.3 Å². The summed E-state index contributed by atoms with van der Waals surface area (Å²) in [6.45, 7) is 6.13. The molecule has 1 aromatic carbocycles. The van der Waals surface area contributed by atoms with Gasteiger partial charge in [0.15, 0.2) is 0 Å². The second kappa shape index (κ2) is 6.50. The smallest absolute Gasteiger partial charge is 0.411 e. The number of carbonyl (C=O) groups is 1. The van der Waals surface area contributed by atoms with Gasteiger partial charge < -0.3 is 9.47 Å². The number of hydrogen-bond donors (Lipinski definition) is 1. The van der Waals surface area contributed by atoms with E-state index in [2.05, 4.69) is 11.9 Å². The molecule has 0 radical (unpaired) electrons. The molecule has 0 spiro atoms. The van der Waals surface area contributed by atoms with Crippen molar-refractivity contribution in [2.24, 2.45) is 0 Å². The van der Waals surface area contributed by atoms with Crippen LogP contribution >= 0.6 is 0 Å². The van der Waals surface area contributed by atoms with Crippen molar-refractivity contribution in [3.63, 3.8) is 0 Å². The SMILES string of the molecule is C=CCOc1ccc(NC(=O)OCC)cc1. The number of hydrogen-bond acceptors (Lipinski definition) is 3. The lowest BCUT2D eigenvalue weighted by molar-refractivity contribution is 0.168. The first kappa shape index (κ1) is 12.1. The molecule has 0 aliphatic carbocycles. The highest BCUT2D eigenvalue weighted by molar-refractivity contribution is 5.84. The second-order valence-electron chi connectivity index (χ2n) is 2.97. The summed E-state index contributed by atoms with van der Waals surface area (Å²) in [6, 6.07) is 7.03. The first-order chi connectivity index (χ1) is 7.76. The van der Waals surface area contributed by atoms with E-state index in [9.17, 15) is 4.79 Å². The third-order valence-corrected chi connectivity index (χ3v) is 1.74. The molecule has 86 valence electrons. The van der Waals surface area contributed by atoms with Gasteiger partial charge in [-0.15, -0.1) is 0 Å². The van der Waals surface area contributed by atoms with E-state index in [1.807, 2.05) is 0 Å². The van der Waals surface area contributed by atoms with Crippen molar-refractivity contribution in [2.75, 3.05) is 18.5 Å². The van der Waals surface area contributed by atoms with Crippen LogP contribution in [0.4, 0.5) is 10.5 Å². The number of rotatable bonds is 5. The Morgan fingerprint density at radius 1 is 1.44 bits per heavy atom. The molecule has 0 saturated heterocycles. The van der Waals surface area contributed by atoms with Crippen molar-refractivity contribution >= 4 is 11.8 Å². The van der Waals surface area contributed by atoms with Crippen LogP contribution in [0, 0.1) is 0 Å². The molecule has 0 atom stereocenters. The van der Waals surface area contributed by atoms with Crippen molar-refractivity contribution in [1.29, 1.82) is 0 Å². The first-order valence-electron chi connectivity index (χ1n) is 5.03. The van der Waals surface area contributed by atoms with Crippen molar-refractivity contribution < 1.29 is 14.3 Å². The van der Waals surface area contributed by atoms with Gasteiger partial charge in [-0.05, 0) is 31.2 Å². The third-order valence-electron chi connectivity index (χ3n) is 1.74. The minimum absolute atomic E-state index is 0.354. The Balaban J connectivity index is 2.50. The number of ether oxygens (including phenoxy) is 2. The molecule has 1 N–H and O–H groups in total. The number of anilines is 1. The largest absolute Gasteiger partial charge is 0.490 e. The minimum atomic E-state index is -0.456. The van der Waals surface area contributed by atoms with Crippen LogP contribution in [-0.4, -0.2) is 19.3 Å². The van der Waals surface area contributed by atoms with E-state index >= 15 is 0 Å². The van der Waals surface area contributed by atoms with Gasteiger partial charge in [0.25, 0.3) is 0 Å². The van der Waals surface area contributed by atoms with Crippen LogP contribution in [0.3, 0.4) is 0 Å². The maximum atomic E-state index is 11.1.